The number of nitrogens with zero attached hydrogens (tertiary/aromatic N) is 2. The Morgan fingerprint density at radius 2 is 1.86 bits per heavy atom. The number of piperidine rings is 1. The van der Waals surface area contributed by atoms with Crippen LogP contribution in [0.5, 0.6) is 0 Å². The maximum Gasteiger partial charge on any atom is 0.407 e. The summed E-state index contributed by atoms with van der Waals surface area (Å²) in [5.74, 6) is 0. The molecule has 7 heteroatoms. The van der Waals surface area contributed by atoms with Gasteiger partial charge in [-0.25, -0.2) is 9.00 Å². The Labute approximate surface area is 134 Å². The molecule has 0 aliphatic carbocycles. The molecule has 126 valence electrons. The van der Waals surface area contributed by atoms with Crippen LogP contribution < -0.4 is 0 Å². The highest BCUT2D eigenvalue weighted by atomic mass is 32.2. The van der Waals surface area contributed by atoms with Gasteiger partial charge in [-0.15, -0.1) is 0 Å². The molecule has 2 saturated heterocycles. The van der Waals surface area contributed by atoms with E-state index in [9.17, 15) is 9.00 Å². The summed E-state index contributed by atoms with van der Waals surface area (Å²) in [6.07, 6.45) is 0.245. The van der Waals surface area contributed by atoms with Gasteiger partial charge in [-0.3, -0.25) is 0 Å². The Kier molecular flexibility index (Phi) is 4.43. The minimum Gasteiger partial charge on any atom is -0.465 e. The summed E-state index contributed by atoms with van der Waals surface area (Å²) in [7, 11) is -1.34. The molecule has 0 bridgehead atoms. The van der Waals surface area contributed by atoms with Crippen LogP contribution in [0.4, 0.5) is 4.79 Å². The summed E-state index contributed by atoms with van der Waals surface area (Å²) in [6.45, 7) is 11.2. The summed E-state index contributed by atoms with van der Waals surface area (Å²) in [4.78, 5) is 12.5. The van der Waals surface area contributed by atoms with E-state index in [-0.39, 0.29) is 5.41 Å². The molecule has 2 aliphatic heterocycles. The number of hydrogen-bond donors (Lipinski definition) is 1. The first-order valence-electron chi connectivity index (χ1n) is 7.61. The second-order valence-electron chi connectivity index (χ2n) is 7.74. The van der Waals surface area contributed by atoms with Crippen molar-refractivity contribution in [2.45, 2.75) is 57.8 Å². The van der Waals surface area contributed by atoms with Gasteiger partial charge in [0.05, 0.1) is 17.1 Å². The van der Waals surface area contributed by atoms with Gasteiger partial charge < -0.3 is 14.7 Å². The van der Waals surface area contributed by atoms with E-state index in [0.717, 1.165) is 5.71 Å². The number of hydrogen-bond acceptors (Lipinski definition) is 3. The molecule has 6 nitrogen and oxygen atoms in total. The molecule has 22 heavy (non-hydrogen) atoms. The fraction of sp³-hybridized carbons (Fsp3) is 0.867. The smallest absolute Gasteiger partial charge is 0.407 e. The Balaban J connectivity index is 2.30. The molecule has 0 aromatic rings. The first kappa shape index (κ1) is 17.4. The zero-order valence-corrected chi connectivity index (χ0v) is 14.8. The first-order valence-corrected chi connectivity index (χ1v) is 8.72. The molecule has 2 aliphatic rings. The predicted molar refractivity (Wildman–Crippen MR) is 86.6 cm³/mol. The number of rotatable bonds is 1. The van der Waals surface area contributed by atoms with Crippen LogP contribution in [0.15, 0.2) is 4.40 Å². The second-order valence-corrected chi connectivity index (χ2v) is 9.64. The van der Waals surface area contributed by atoms with Gasteiger partial charge in [0, 0.05) is 18.5 Å². The molecule has 0 radical (unpaired) electrons. The molecule has 2 fully saturated rings. The average molecular weight is 330 g/mol. The van der Waals surface area contributed by atoms with Crippen molar-refractivity contribution in [1.29, 1.82) is 0 Å². The topological polar surface area (TPSA) is 79.2 Å². The quantitative estimate of drug-likeness (QED) is 0.801. The molecule has 0 aromatic heterocycles. The lowest BCUT2D eigenvalue weighted by molar-refractivity contribution is -0.0156. The largest absolute Gasteiger partial charge is 0.465 e. The van der Waals surface area contributed by atoms with Gasteiger partial charge in [-0.1, -0.05) is 13.8 Å². The zero-order valence-electron chi connectivity index (χ0n) is 14.0. The minimum absolute atomic E-state index is 0.272. The van der Waals surface area contributed by atoms with Gasteiger partial charge in [0.15, 0.2) is 0 Å². The fourth-order valence-electron chi connectivity index (χ4n) is 2.94. The fourth-order valence-corrected chi connectivity index (χ4v) is 3.79. The van der Waals surface area contributed by atoms with Crippen molar-refractivity contribution in [2.75, 3.05) is 19.7 Å². The van der Waals surface area contributed by atoms with E-state index in [1.165, 1.54) is 4.90 Å². The first-order chi connectivity index (χ1) is 9.98. The van der Waals surface area contributed by atoms with Crippen LogP contribution in [0, 0.1) is 5.41 Å². The number of ether oxygens (including phenoxy) is 1. The SMILES string of the molecule is CC1(C)COC2(CCN(C(=O)O)CC2)C1=NS(=O)C(C)(C)C. The molecule has 2 heterocycles. The van der Waals surface area contributed by atoms with Gasteiger partial charge in [0.2, 0.25) is 0 Å². The summed E-state index contributed by atoms with van der Waals surface area (Å²) < 4.78 is 22.7. The molecule has 1 unspecified atom stereocenters. The molecule has 2 rings (SSSR count). The van der Waals surface area contributed by atoms with Crippen LogP contribution >= 0.6 is 0 Å². The van der Waals surface area contributed by atoms with Crippen LogP contribution in [0.2, 0.25) is 0 Å². The van der Waals surface area contributed by atoms with Crippen LogP contribution in [-0.4, -0.2) is 56.1 Å². The van der Waals surface area contributed by atoms with Crippen LogP contribution in [-0.2, 0) is 15.7 Å². The van der Waals surface area contributed by atoms with E-state index in [1.807, 2.05) is 34.6 Å². The van der Waals surface area contributed by atoms with Crippen LogP contribution in [0.25, 0.3) is 0 Å². The molecule has 1 atom stereocenters. The lowest BCUT2D eigenvalue weighted by Crippen LogP contribution is -2.51. The highest BCUT2D eigenvalue weighted by molar-refractivity contribution is 7.85. The summed E-state index contributed by atoms with van der Waals surface area (Å²) in [5, 5.41) is 9.10. The van der Waals surface area contributed by atoms with E-state index in [1.54, 1.807) is 0 Å². The normalized spacial score (nSPS) is 27.3. The third kappa shape index (κ3) is 3.20. The van der Waals surface area contributed by atoms with E-state index in [0.29, 0.717) is 32.5 Å². The molecule has 1 spiro atoms. The lowest BCUT2D eigenvalue weighted by atomic mass is 9.77. The average Bonchev–Trinajstić information content (AvgIpc) is 2.63. The van der Waals surface area contributed by atoms with Crippen molar-refractivity contribution < 1.29 is 18.8 Å². The van der Waals surface area contributed by atoms with Crippen molar-refractivity contribution in [3.8, 4) is 0 Å². The maximum absolute atomic E-state index is 12.5. The highest BCUT2D eigenvalue weighted by Gasteiger charge is 2.53. The Hall–Kier alpha value is -0.950. The van der Waals surface area contributed by atoms with Gasteiger partial charge in [-0.05, 0) is 33.6 Å². The third-order valence-corrected chi connectivity index (χ3v) is 5.72. The van der Waals surface area contributed by atoms with Crippen molar-refractivity contribution in [3.05, 3.63) is 0 Å². The Morgan fingerprint density at radius 3 is 2.32 bits per heavy atom. The Morgan fingerprint density at radius 1 is 1.32 bits per heavy atom. The summed E-state index contributed by atoms with van der Waals surface area (Å²) >= 11 is 0. The summed E-state index contributed by atoms with van der Waals surface area (Å²) in [5.41, 5.74) is 0.00107. The maximum atomic E-state index is 12.5. The molecule has 0 aromatic carbocycles. The number of carboxylic acid groups (broad SMARTS) is 1. The molecule has 1 N–H and O–H groups in total. The highest BCUT2D eigenvalue weighted by Crippen LogP contribution is 2.43. The monoisotopic (exact) mass is 330 g/mol. The lowest BCUT2D eigenvalue weighted by Gasteiger charge is -2.38. The van der Waals surface area contributed by atoms with Crippen LogP contribution in [0.1, 0.15) is 47.5 Å². The van der Waals surface area contributed by atoms with E-state index in [4.69, 9.17) is 9.84 Å². The Bertz CT molecular complexity index is 514. The zero-order chi connectivity index (χ0) is 16.8. The van der Waals surface area contributed by atoms with Gasteiger partial charge in [0.25, 0.3) is 0 Å². The van der Waals surface area contributed by atoms with E-state index >= 15 is 0 Å². The summed E-state index contributed by atoms with van der Waals surface area (Å²) in [6, 6.07) is 0. The van der Waals surface area contributed by atoms with Gasteiger partial charge in [-0.2, -0.15) is 4.40 Å². The standard InChI is InChI=1S/C15H26N2O4S/c1-13(2,3)22(20)16-11-14(4,5)10-21-15(11)6-8-17(9-7-15)12(18)19/h6-10H2,1-5H3,(H,18,19). The molecule has 0 saturated carbocycles. The van der Waals surface area contributed by atoms with Crippen molar-refractivity contribution in [3.63, 3.8) is 0 Å². The van der Waals surface area contributed by atoms with Crippen molar-refractivity contribution >= 4 is 22.8 Å². The van der Waals surface area contributed by atoms with Crippen LogP contribution in [0.3, 0.4) is 0 Å². The van der Waals surface area contributed by atoms with Crippen molar-refractivity contribution in [1.82, 2.24) is 4.90 Å². The van der Waals surface area contributed by atoms with E-state index < -0.39 is 27.4 Å². The third-order valence-electron chi connectivity index (χ3n) is 4.32. The predicted octanol–water partition coefficient (Wildman–Crippen LogP) is 2.46. The number of carbonyl (C=O) groups is 1. The number of amides is 1. The molecular weight excluding hydrogens is 304 g/mol. The minimum atomic E-state index is -1.34. The van der Waals surface area contributed by atoms with Gasteiger partial charge >= 0.3 is 6.09 Å². The van der Waals surface area contributed by atoms with Crippen molar-refractivity contribution in [2.24, 2.45) is 9.81 Å². The number of likely N-dealkylation sites (tertiary alicyclic amines) is 1. The second kappa shape index (κ2) is 5.60. The molecular formula is C15H26N2O4S. The van der Waals surface area contributed by atoms with Gasteiger partial charge in [0.1, 0.15) is 16.6 Å². The van der Waals surface area contributed by atoms with E-state index in [2.05, 4.69) is 4.40 Å². The molecule has 1 amide bonds.